The van der Waals surface area contributed by atoms with Crippen molar-refractivity contribution in [1.29, 1.82) is 0 Å². The van der Waals surface area contributed by atoms with Crippen molar-refractivity contribution in [2.75, 3.05) is 5.88 Å². The predicted octanol–water partition coefficient (Wildman–Crippen LogP) is 8.74. The van der Waals surface area contributed by atoms with Gasteiger partial charge in [-0.2, -0.15) is 0 Å². The standard InChI is InChI=1S/C27H50ClN.C2H6.CH2O/c1-7-14-27(6)23-13-15-26(5)21(19(4)10-8-9-18(2)3)11-12-22(26)25(23)20(17-28)16-24(27)29;2*1-2/h18-25H,7-17,29H2,1-6H3;1-2H3;1H2. The van der Waals surface area contributed by atoms with Gasteiger partial charge in [0, 0.05) is 11.9 Å². The third kappa shape index (κ3) is 6.38. The van der Waals surface area contributed by atoms with Crippen LogP contribution in [0.3, 0.4) is 0 Å². The summed E-state index contributed by atoms with van der Waals surface area (Å²) in [5.74, 6) is 6.59. The number of fused-ring (bicyclic) bond motifs is 3. The van der Waals surface area contributed by atoms with Crippen LogP contribution in [0.15, 0.2) is 0 Å². The lowest BCUT2D eigenvalue weighted by atomic mass is 9.45. The molecule has 0 aromatic rings. The van der Waals surface area contributed by atoms with Gasteiger partial charge in [-0.15, -0.1) is 11.6 Å². The van der Waals surface area contributed by atoms with Crippen LogP contribution < -0.4 is 5.73 Å². The zero-order chi connectivity index (χ0) is 25.4. The van der Waals surface area contributed by atoms with Gasteiger partial charge in [-0.3, -0.25) is 0 Å². The van der Waals surface area contributed by atoms with Crippen molar-refractivity contribution in [1.82, 2.24) is 0 Å². The summed E-state index contributed by atoms with van der Waals surface area (Å²) in [6.45, 7) is 20.9. The molecule has 0 amide bonds. The van der Waals surface area contributed by atoms with Gasteiger partial charge in [-0.25, -0.2) is 0 Å². The van der Waals surface area contributed by atoms with Crippen LogP contribution in [-0.4, -0.2) is 18.7 Å². The zero-order valence-corrected chi connectivity index (χ0v) is 24.2. The van der Waals surface area contributed by atoms with Crippen LogP contribution in [0.25, 0.3) is 0 Å². The Kier molecular flexibility index (Phi) is 13.0. The second kappa shape index (κ2) is 13.9. The zero-order valence-electron chi connectivity index (χ0n) is 23.5. The molecule has 0 aromatic heterocycles. The highest BCUT2D eigenvalue weighted by Crippen LogP contribution is 2.67. The van der Waals surface area contributed by atoms with Crippen LogP contribution in [-0.2, 0) is 4.79 Å². The van der Waals surface area contributed by atoms with Gasteiger partial charge in [-0.05, 0) is 90.8 Å². The first-order valence-electron chi connectivity index (χ1n) is 14.3. The van der Waals surface area contributed by atoms with Crippen molar-refractivity contribution in [3.63, 3.8) is 0 Å². The fourth-order valence-corrected chi connectivity index (χ4v) is 9.08. The summed E-state index contributed by atoms with van der Waals surface area (Å²) in [6.07, 6.45) is 13.7. The Morgan fingerprint density at radius 1 is 1.03 bits per heavy atom. The average molecular weight is 484 g/mol. The Morgan fingerprint density at radius 2 is 1.67 bits per heavy atom. The molecular formula is C30H58ClNO. The van der Waals surface area contributed by atoms with Gasteiger partial charge in [0.25, 0.3) is 0 Å². The minimum absolute atomic E-state index is 0.324. The van der Waals surface area contributed by atoms with Gasteiger partial charge in [0.05, 0.1) is 0 Å². The number of alkyl halides is 1. The minimum Gasteiger partial charge on any atom is -0.327 e. The molecule has 2 nitrogen and oxygen atoms in total. The van der Waals surface area contributed by atoms with E-state index in [1.165, 1.54) is 57.8 Å². The van der Waals surface area contributed by atoms with E-state index in [9.17, 15) is 0 Å². The highest BCUT2D eigenvalue weighted by Gasteiger charge is 2.61. The Hall–Kier alpha value is -0.0800. The first-order valence-corrected chi connectivity index (χ1v) is 14.8. The lowest BCUT2D eigenvalue weighted by Gasteiger charge is -2.61. The third-order valence-corrected chi connectivity index (χ3v) is 10.7. The largest absolute Gasteiger partial charge is 0.327 e. The van der Waals surface area contributed by atoms with E-state index < -0.39 is 0 Å². The van der Waals surface area contributed by atoms with Crippen LogP contribution in [0.5, 0.6) is 0 Å². The van der Waals surface area contributed by atoms with Crippen molar-refractivity contribution in [3.8, 4) is 0 Å². The van der Waals surface area contributed by atoms with Crippen molar-refractivity contribution >= 4 is 18.4 Å². The number of hydrogen-bond donors (Lipinski definition) is 1. The first-order chi connectivity index (χ1) is 15.7. The highest BCUT2D eigenvalue weighted by molar-refractivity contribution is 6.18. The van der Waals surface area contributed by atoms with Crippen LogP contribution in [0, 0.1) is 52.3 Å². The molecular weight excluding hydrogens is 426 g/mol. The smallest absolute Gasteiger partial charge is 0.106 e. The van der Waals surface area contributed by atoms with E-state index in [0.717, 1.165) is 47.8 Å². The molecule has 9 unspecified atom stereocenters. The lowest BCUT2D eigenvalue weighted by molar-refractivity contribution is -0.108. The first kappa shape index (κ1) is 31.0. The number of carbonyl (C=O) groups excluding carboxylic acids is 1. The van der Waals surface area contributed by atoms with Crippen LogP contribution in [0.4, 0.5) is 0 Å². The van der Waals surface area contributed by atoms with Gasteiger partial charge >= 0.3 is 0 Å². The summed E-state index contributed by atoms with van der Waals surface area (Å²) in [4.78, 5) is 8.00. The maximum atomic E-state index is 8.00. The van der Waals surface area contributed by atoms with Gasteiger partial charge in [0.2, 0.25) is 0 Å². The van der Waals surface area contributed by atoms with Crippen molar-refractivity contribution in [2.45, 2.75) is 126 Å². The number of nitrogens with two attached hydrogens (primary N) is 1. The van der Waals surface area contributed by atoms with E-state index >= 15 is 0 Å². The van der Waals surface area contributed by atoms with E-state index in [1.807, 2.05) is 20.6 Å². The molecule has 0 spiro atoms. The Balaban J connectivity index is 0.00000129. The fourth-order valence-electron chi connectivity index (χ4n) is 8.75. The quantitative estimate of drug-likeness (QED) is 0.350. The predicted molar refractivity (Wildman–Crippen MR) is 147 cm³/mol. The molecule has 0 radical (unpaired) electrons. The SMILES string of the molecule is C=O.CC.CCCC1(C)C(N)CC(CCl)C2C1CCC1(C)C(C(C)CCCC(C)C)CCC21. The summed E-state index contributed by atoms with van der Waals surface area (Å²) in [7, 11) is 0. The van der Waals surface area contributed by atoms with Crippen LogP contribution in [0.2, 0.25) is 0 Å². The van der Waals surface area contributed by atoms with Crippen LogP contribution >= 0.6 is 11.6 Å². The second-order valence-corrected chi connectivity index (χ2v) is 12.6. The summed E-state index contributed by atoms with van der Waals surface area (Å²) in [5.41, 5.74) is 7.70. The number of halogens is 1. The summed E-state index contributed by atoms with van der Waals surface area (Å²) >= 11 is 6.61. The number of hydrogen-bond acceptors (Lipinski definition) is 2. The molecule has 9 atom stereocenters. The van der Waals surface area contributed by atoms with Gasteiger partial charge < -0.3 is 10.5 Å². The van der Waals surface area contributed by atoms with Gasteiger partial charge in [0.15, 0.2) is 0 Å². The van der Waals surface area contributed by atoms with Crippen molar-refractivity contribution in [2.24, 2.45) is 58.0 Å². The molecule has 0 saturated heterocycles. The van der Waals surface area contributed by atoms with Gasteiger partial charge in [-0.1, -0.05) is 81.1 Å². The fraction of sp³-hybridized carbons (Fsp3) is 0.967. The molecule has 2 N–H and O–H groups in total. The average Bonchev–Trinajstić information content (AvgIpc) is 3.16. The molecule has 0 heterocycles. The molecule has 0 bridgehead atoms. The summed E-state index contributed by atoms with van der Waals surface area (Å²) in [6, 6.07) is 0.337. The molecule has 3 heteroatoms. The lowest BCUT2D eigenvalue weighted by Crippen LogP contribution is -2.59. The summed E-state index contributed by atoms with van der Waals surface area (Å²) in [5, 5.41) is 0. The van der Waals surface area contributed by atoms with E-state index in [-0.39, 0.29) is 0 Å². The van der Waals surface area contributed by atoms with Crippen molar-refractivity contribution < 1.29 is 4.79 Å². The Bertz CT molecular complexity index is 553. The molecule has 3 rings (SSSR count). The maximum absolute atomic E-state index is 8.00. The molecule has 3 aliphatic rings. The topological polar surface area (TPSA) is 43.1 Å². The van der Waals surface area contributed by atoms with E-state index in [1.54, 1.807) is 0 Å². The minimum atomic E-state index is 0.324. The van der Waals surface area contributed by atoms with Crippen LogP contribution in [0.1, 0.15) is 120 Å². The van der Waals surface area contributed by atoms with E-state index in [0.29, 0.717) is 22.8 Å². The molecule has 33 heavy (non-hydrogen) atoms. The number of rotatable bonds is 8. The van der Waals surface area contributed by atoms with Gasteiger partial charge in [0.1, 0.15) is 6.79 Å². The molecule has 196 valence electrons. The van der Waals surface area contributed by atoms with Crippen molar-refractivity contribution in [3.05, 3.63) is 0 Å². The molecule has 3 fully saturated rings. The molecule has 0 aliphatic heterocycles. The highest BCUT2D eigenvalue weighted by atomic mass is 35.5. The monoisotopic (exact) mass is 483 g/mol. The third-order valence-electron chi connectivity index (χ3n) is 10.3. The normalized spacial score (nSPS) is 40.6. The van der Waals surface area contributed by atoms with E-state index in [2.05, 4.69) is 41.5 Å². The Morgan fingerprint density at radius 3 is 2.21 bits per heavy atom. The number of carbonyl (C=O) groups is 1. The molecule has 3 aliphatic carbocycles. The molecule has 0 aromatic carbocycles. The summed E-state index contributed by atoms with van der Waals surface area (Å²) < 4.78 is 0. The molecule has 3 saturated carbocycles. The second-order valence-electron chi connectivity index (χ2n) is 12.3. The Labute approximate surface area is 212 Å². The maximum Gasteiger partial charge on any atom is 0.106 e. The van der Waals surface area contributed by atoms with E-state index in [4.69, 9.17) is 22.1 Å².